The van der Waals surface area contributed by atoms with Gasteiger partial charge >= 0.3 is 5.97 Å². The molecule has 51 heavy (non-hydrogen) atoms. The van der Waals surface area contributed by atoms with E-state index in [1.54, 1.807) is 30.3 Å². The highest BCUT2D eigenvalue weighted by atomic mass is 16.4. The van der Waals surface area contributed by atoms with Gasteiger partial charge in [-0.25, -0.2) is 0 Å². The molecule has 19 heteroatoms. The summed E-state index contributed by atoms with van der Waals surface area (Å²) in [6, 6.07) is 3.31. The molecule has 0 saturated carbocycles. The molecule has 1 heterocycles. The topological polar surface area (TPSA) is 305 Å². The van der Waals surface area contributed by atoms with E-state index in [4.69, 9.17) is 11.5 Å². The highest BCUT2D eigenvalue weighted by Gasteiger charge is 2.33. The van der Waals surface area contributed by atoms with Gasteiger partial charge in [-0.3, -0.25) is 43.3 Å². The van der Waals surface area contributed by atoms with Crippen molar-refractivity contribution in [2.75, 3.05) is 26.7 Å². The van der Waals surface area contributed by atoms with E-state index >= 15 is 0 Å². The summed E-state index contributed by atoms with van der Waals surface area (Å²) in [4.78, 5) is 106. The fraction of sp³-hybridized carbons (Fsp3) is 0.531. The van der Waals surface area contributed by atoms with E-state index in [0.717, 1.165) is 0 Å². The Morgan fingerprint density at radius 1 is 0.784 bits per heavy atom. The number of nitrogens with one attached hydrogen (secondary N) is 7. The number of hydrogen-bond donors (Lipinski definition) is 10. The summed E-state index contributed by atoms with van der Waals surface area (Å²) in [5, 5.41) is 27.0. The lowest BCUT2D eigenvalue weighted by Gasteiger charge is -2.26. The number of carboxylic acids is 1. The van der Waals surface area contributed by atoms with Gasteiger partial charge in [-0.05, 0) is 37.7 Å². The Morgan fingerprint density at radius 3 is 2.02 bits per heavy atom. The van der Waals surface area contributed by atoms with Gasteiger partial charge < -0.3 is 53.8 Å². The summed E-state index contributed by atoms with van der Waals surface area (Å²) >= 11 is 0. The molecule has 280 valence electrons. The van der Waals surface area contributed by atoms with Crippen molar-refractivity contribution in [2.24, 2.45) is 16.5 Å². The second kappa shape index (κ2) is 22.1. The third kappa shape index (κ3) is 16.5. The molecular formula is C32H48N10O9. The molecule has 0 aliphatic carbocycles. The lowest BCUT2D eigenvalue weighted by Crippen LogP contribution is -2.58. The van der Waals surface area contributed by atoms with E-state index in [1.165, 1.54) is 7.05 Å². The smallest absolute Gasteiger partial charge is 0.305 e. The molecule has 1 fully saturated rings. The van der Waals surface area contributed by atoms with Crippen molar-refractivity contribution in [3.63, 3.8) is 0 Å². The molecule has 4 atom stereocenters. The van der Waals surface area contributed by atoms with E-state index in [1.807, 2.05) is 0 Å². The van der Waals surface area contributed by atoms with Crippen LogP contribution in [0.3, 0.4) is 0 Å². The molecule has 1 aliphatic rings. The standard InChI is InChI=1S/C32H48N10O9/c1-35-24(43)12-13-25(44)36-14-6-5-10-21-29(49)40-20(11-7-15-37-32(33)34)28(48)38-18-26(45)39-23(17-27(46)47)31(51)42-22(30(50)41-21)16-19-8-3-2-4-9-19/h2-4,8-9,20-23H,5-7,10-18H2,1H3,(H,35,43)(H,36,44)(H,38,48)(H,39,45)(H,40,49)(H,41,50)(H,42,51)(H,46,47)(H4,33,34,37)/t20-,21-,22+,23-/m0/s1. The van der Waals surface area contributed by atoms with Crippen LogP contribution >= 0.6 is 0 Å². The fourth-order valence-corrected chi connectivity index (χ4v) is 4.98. The summed E-state index contributed by atoms with van der Waals surface area (Å²) in [5.41, 5.74) is 11.4. The zero-order chi connectivity index (χ0) is 37.8. The first-order chi connectivity index (χ1) is 24.3. The van der Waals surface area contributed by atoms with E-state index in [-0.39, 0.29) is 69.4 Å². The Balaban J connectivity index is 2.36. The fourth-order valence-electron chi connectivity index (χ4n) is 4.98. The van der Waals surface area contributed by atoms with Crippen LogP contribution in [-0.2, 0) is 44.8 Å². The van der Waals surface area contributed by atoms with Gasteiger partial charge in [0.25, 0.3) is 0 Å². The van der Waals surface area contributed by atoms with Crippen molar-refractivity contribution in [3.05, 3.63) is 35.9 Å². The first-order valence-corrected chi connectivity index (χ1v) is 16.6. The average molecular weight is 717 g/mol. The number of nitrogens with two attached hydrogens (primary N) is 2. The number of amides is 7. The quantitative estimate of drug-likeness (QED) is 0.0458. The zero-order valence-electron chi connectivity index (χ0n) is 28.5. The minimum absolute atomic E-state index is 0.00361. The summed E-state index contributed by atoms with van der Waals surface area (Å²) < 4.78 is 0. The Bertz CT molecular complexity index is 1420. The lowest BCUT2D eigenvalue weighted by atomic mass is 10.0. The van der Waals surface area contributed by atoms with Crippen LogP contribution < -0.4 is 48.7 Å². The molecule has 1 saturated heterocycles. The maximum Gasteiger partial charge on any atom is 0.305 e. The number of aliphatic imine (C=N–C) groups is 1. The SMILES string of the molecule is CNC(=O)CCC(=O)NCCCC[C@@H]1NC(=O)[C@@H](Cc2ccccc2)NC(=O)[C@H](CC(=O)O)NC(=O)CNC(=O)[C@H](CCCN=C(N)N)NC1=O. The highest BCUT2D eigenvalue weighted by molar-refractivity contribution is 5.98. The Hall–Kier alpha value is -5.75. The van der Waals surface area contributed by atoms with E-state index in [0.29, 0.717) is 18.4 Å². The molecule has 19 nitrogen and oxygen atoms in total. The molecule has 1 aromatic rings. The van der Waals surface area contributed by atoms with E-state index in [2.05, 4.69) is 42.2 Å². The molecule has 2 rings (SSSR count). The van der Waals surface area contributed by atoms with Gasteiger partial charge in [-0.2, -0.15) is 0 Å². The Morgan fingerprint density at radius 2 is 1.37 bits per heavy atom. The van der Waals surface area contributed by atoms with Crippen molar-refractivity contribution < 1.29 is 43.5 Å². The molecule has 1 aliphatic heterocycles. The third-order valence-electron chi connectivity index (χ3n) is 7.68. The number of nitrogens with zero attached hydrogens (tertiary/aromatic N) is 1. The van der Waals surface area contributed by atoms with Crippen LogP contribution in [0.2, 0.25) is 0 Å². The van der Waals surface area contributed by atoms with Crippen molar-refractivity contribution in [1.82, 2.24) is 37.2 Å². The van der Waals surface area contributed by atoms with Crippen LogP contribution in [0, 0.1) is 0 Å². The van der Waals surface area contributed by atoms with Gasteiger partial charge in [0.1, 0.15) is 24.2 Å². The number of benzene rings is 1. The van der Waals surface area contributed by atoms with Crippen LogP contribution in [0.1, 0.15) is 56.9 Å². The number of carboxylic acid groups (broad SMARTS) is 1. The van der Waals surface area contributed by atoms with Crippen molar-refractivity contribution in [2.45, 2.75) is 82.0 Å². The first kappa shape index (κ1) is 41.4. The third-order valence-corrected chi connectivity index (χ3v) is 7.68. The first-order valence-electron chi connectivity index (χ1n) is 16.6. The van der Waals surface area contributed by atoms with Crippen LogP contribution in [0.5, 0.6) is 0 Å². The van der Waals surface area contributed by atoms with Gasteiger partial charge in [-0.1, -0.05) is 30.3 Å². The van der Waals surface area contributed by atoms with Gasteiger partial charge in [0, 0.05) is 39.4 Å². The Labute approximate surface area is 294 Å². The second-order valence-electron chi connectivity index (χ2n) is 11.8. The normalized spacial score (nSPS) is 20.1. The summed E-state index contributed by atoms with van der Waals surface area (Å²) in [6.45, 7) is -0.294. The summed E-state index contributed by atoms with van der Waals surface area (Å²) in [6.07, 6.45) is 0.221. The largest absolute Gasteiger partial charge is 0.481 e. The number of carbonyl (C=O) groups excluding carboxylic acids is 7. The number of rotatable bonds is 16. The minimum atomic E-state index is -1.60. The molecule has 0 aromatic heterocycles. The highest BCUT2D eigenvalue weighted by Crippen LogP contribution is 2.09. The van der Waals surface area contributed by atoms with E-state index < -0.39 is 72.6 Å². The number of carbonyl (C=O) groups is 8. The van der Waals surface area contributed by atoms with Crippen molar-refractivity contribution in [1.29, 1.82) is 0 Å². The Kier molecular flexibility index (Phi) is 17.9. The second-order valence-corrected chi connectivity index (χ2v) is 11.8. The van der Waals surface area contributed by atoms with Crippen LogP contribution in [0.4, 0.5) is 0 Å². The maximum absolute atomic E-state index is 13.8. The monoisotopic (exact) mass is 716 g/mol. The van der Waals surface area contributed by atoms with Gasteiger partial charge in [0.05, 0.1) is 13.0 Å². The van der Waals surface area contributed by atoms with Gasteiger partial charge in [0.15, 0.2) is 5.96 Å². The number of unbranched alkanes of at least 4 members (excludes halogenated alkanes) is 1. The van der Waals surface area contributed by atoms with E-state index in [9.17, 15) is 43.5 Å². The number of guanidine groups is 1. The molecule has 0 bridgehead atoms. The van der Waals surface area contributed by atoms with Gasteiger partial charge in [0.2, 0.25) is 41.4 Å². The number of hydrogen-bond acceptors (Lipinski definition) is 9. The van der Waals surface area contributed by atoms with Crippen LogP contribution in [0.15, 0.2) is 35.3 Å². The molecule has 7 amide bonds. The summed E-state index contributed by atoms with van der Waals surface area (Å²) in [7, 11) is 1.47. The van der Waals surface area contributed by atoms with Crippen molar-refractivity contribution in [3.8, 4) is 0 Å². The zero-order valence-corrected chi connectivity index (χ0v) is 28.5. The summed E-state index contributed by atoms with van der Waals surface area (Å²) in [5.74, 6) is -6.29. The maximum atomic E-state index is 13.8. The molecule has 0 unspecified atom stereocenters. The average Bonchev–Trinajstić information content (AvgIpc) is 3.09. The van der Waals surface area contributed by atoms with Crippen LogP contribution in [-0.4, -0.2) is 109 Å². The predicted octanol–water partition coefficient (Wildman–Crippen LogP) is -3.36. The predicted molar refractivity (Wildman–Crippen MR) is 183 cm³/mol. The van der Waals surface area contributed by atoms with Gasteiger partial charge in [-0.15, -0.1) is 0 Å². The lowest BCUT2D eigenvalue weighted by molar-refractivity contribution is -0.141. The molecule has 0 radical (unpaired) electrons. The molecular weight excluding hydrogens is 668 g/mol. The van der Waals surface area contributed by atoms with Crippen LogP contribution in [0.25, 0.3) is 0 Å². The molecule has 12 N–H and O–H groups in total. The number of aliphatic carboxylic acids is 1. The molecule has 1 aromatic carbocycles. The van der Waals surface area contributed by atoms with Crippen molar-refractivity contribution >= 4 is 53.3 Å². The minimum Gasteiger partial charge on any atom is -0.481 e. The molecule has 0 spiro atoms.